The molecule has 2 aliphatic rings. The molecule has 1 atom stereocenters. The Labute approximate surface area is 205 Å². The van der Waals surface area contributed by atoms with Gasteiger partial charge in [0.15, 0.2) is 0 Å². The summed E-state index contributed by atoms with van der Waals surface area (Å²) in [5.41, 5.74) is -0.375. The lowest BCUT2D eigenvalue weighted by molar-refractivity contribution is -0.149. The van der Waals surface area contributed by atoms with Gasteiger partial charge in [-0.05, 0) is 70.0 Å². The molecule has 2 aliphatic heterocycles. The molecule has 0 saturated carbocycles. The quantitative estimate of drug-likeness (QED) is 0.673. The Hall–Kier alpha value is -3.04. The fraction of sp³-hybridized carbons (Fsp3) is 0.500. The molecule has 3 heterocycles. The number of pyridine rings is 1. The largest absolute Gasteiger partial charge is 0.456 e. The average molecular weight is 485 g/mol. The van der Waals surface area contributed by atoms with Gasteiger partial charge in [-0.1, -0.05) is 0 Å². The highest BCUT2D eigenvalue weighted by atomic mass is 19.1. The molecule has 1 aromatic carbocycles. The highest BCUT2D eigenvalue weighted by Gasteiger charge is 2.41. The maximum absolute atomic E-state index is 13.1. The lowest BCUT2D eigenvalue weighted by Crippen LogP contribution is -2.64. The van der Waals surface area contributed by atoms with E-state index in [1.165, 1.54) is 30.5 Å². The number of nitrogens with one attached hydrogen (secondary N) is 1. The van der Waals surface area contributed by atoms with Gasteiger partial charge in [-0.25, -0.2) is 9.37 Å². The second-order valence-electron chi connectivity index (χ2n) is 9.76. The van der Waals surface area contributed by atoms with Crippen LogP contribution >= 0.6 is 0 Å². The van der Waals surface area contributed by atoms with E-state index in [4.69, 9.17) is 9.47 Å². The lowest BCUT2D eigenvalue weighted by atomic mass is 9.92. The number of hydrogen-bond acceptors (Lipinski definition) is 6. The number of rotatable bonds is 6. The SMILES string of the molecule is C[C@@H](C(=O)Nc1ccc(Oc2ccc(F)cc2)cn1)N1CCN(C(=O)C2CCOCC2)C(C)(C)C1. The van der Waals surface area contributed by atoms with E-state index in [1.54, 1.807) is 12.1 Å². The molecule has 0 radical (unpaired) electrons. The van der Waals surface area contributed by atoms with Crippen LogP contribution in [0.1, 0.15) is 33.6 Å². The smallest absolute Gasteiger partial charge is 0.242 e. The van der Waals surface area contributed by atoms with Crippen LogP contribution in [-0.2, 0) is 14.3 Å². The van der Waals surface area contributed by atoms with Crippen molar-refractivity contribution in [3.63, 3.8) is 0 Å². The molecule has 0 spiro atoms. The van der Waals surface area contributed by atoms with Crippen LogP contribution in [-0.4, -0.2) is 71.0 Å². The Morgan fingerprint density at radius 3 is 2.43 bits per heavy atom. The number of halogens is 1. The third kappa shape index (κ3) is 6.15. The molecule has 2 saturated heterocycles. The molecular formula is C26H33FN4O4. The highest BCUT2D eigenvalue weighted by molar-refractivity contribution is 5.93. The number of carbonyl (C=O) groups is 2. The van der Waals surface area contributed by atoms with Gasteiger partial charge >= 0.3 is 0 Å². The van der Waals surface area contributed by atoms with Crippen LogP contribution < -0.4 is 10.1 Å². The van der Waals surface area contributed by atoms with Crippen molar-refractivity contribution >= 4 is 17.6 Å². The topological polar surface area (TPSA) is 84.0 Å². The van der Waals surface area contributed by atoms with Gasteiger partial charge in [-0.15, -0.1) is 0 Å². The number of aromatic nitrogens is 1. The van der Waals surface area contributed by atoms with E-state index in [-0.39, 0.29) is 35.1 Å². The summed E-state index contributed by atoms with van der Waals surface area (Å²) in [5.74, 6) is 1.12. The molecule has 2 amide bonds. The summed E-state index contributed by atoms with van der Waals surface area (Å²) >= 11 is 0. The highest BCUT2D eigenvalue weighted by Crippen LogP contribution is 2.28. The number of piperazine rings is 1. The van der Waals surface area contributed by atoms with Crippen molar-refractivity contribution in [3.05, 3.63) is 48.4 Å². The molecule has 188 valence electrons. The molecule has 4 rings (SSSR count). The molecule has 0 bridgehead atoms. The van der Waals surface area contributed by atoms with E-state index in [2.05, 4.69) is 29.0 Å². The summed E-state index contributed by atoms with van der Waals surface area (Å²) in [5, 5.41) is 2.86. The zero-order chi connectivity index (χ0) is 25.0. The van der Waals surface area contributed by atoms with Crippen LogP contribution in [0.2, 0.25) is 0 Å². The van der Waals surface area contributed by atoms with Crippen molar-refractivity contribution in [2.24, 2.45) is 5.92 Å². The van der Waals surface area contributed by atoms with Gasteiger partial charge in [0, 0.05) is 38.8 Å². The monoisotopic (exact) mass is 484 g/mol. The van der Waals surface area contributed by atoms with Crippen LogP contribution in [0.25, 0.3) is 0 Å². The lowest BCUT2D eigenvalue weighted by Gasteiger charge is -2.49. The van der Waals surface area contributed by atoms with Gasteiger partial charge in [0.25, 0.3) is 0 Å². The van der Waals surface area contributed by atoms with Gasteiger partial charge in [-0.2, -0.15) is 0 Å². The fourth-order valence-electron chi connectivity index (χ4n) is 4.65. The Morgan fingerprint density at radius 2 is 1.80 bits per heavy atom. The zero-order valence-corrected chi connectivity index (χ0v) is 20.5. The Bertz CT molecular complexity index is 1020. The van der Waals surface area contributed by atoms with Gasteiger partial charge in [-0.3, -0.25) is 14.5 Å². The van der Waals surface area contributed by atoms with Crippen LogP contribution in [0.5, 0.6) is 11.5 Å². The van der Waals surface area contributed by atoms with Crippen LogP contribution in [0.4, 0.5) is 10.2 Å². The predicted octanol–water partition coefficient (Wildman–Crippen LogP) is 3.69. The maximum atomic E-state index is 13.1. The minimum atomic E-state index is -0.383. The normalized spacial score (nSPS) is 19.7. The molecule has 1 N–H and O–H groups in total. The molecule has 1 aromatic heterocycles. The van der Waals surface area contributed by atoms with Gasteiger partial charge in [0.1, 0.15) is 23.1 Å². The Morgan fingerprint density at radius 1 is 1.11 bits per heavy atom. The third-order valence-corrected chi connectivity index (χ3v) is 6.73. The molecular weight excluding hydrogens is 451 g/mol. The average Bonchev–Trinajstić information content (AvgIpc) is 2.85. The molecule has 0 aliphatic carbocycles. The first-order chi connectivity index (χ1) is 16.7. The summed E-state index contributed by atoms with van der Waals surface area (Å²) in [4.78, 5) is 34.4. The zero-order valence-electron chi connectivity index (χ0n) is 20.5. The number of carbonyl (C=O) groups excluding carboxylic acids is 2. The van der Waals surface area contributed by atoms with E-state index < -0.39 is 0 Å². The van der Waals surface area contributed by atoms with Crippen molar-refractivity contribution in [2.45, 2.75) is 45.2 Å². The first kappa shape index (κ1) is 25.1. The maximum Gasteiger partial charge on any atom is 0.242 e. The first-order valence-electron chi connectivity index (χ1n) is 12.1. The molecule has 8 nitrogen and oxygen atoms in total. The van der Waals surface area contributed by atoms with E-state index in [0.29, 0.717) is 50.2 Å². The van der Waals surface area contributed by atoms with Gasteiger partial charge in [0.05, 0.1) is 17.8 Å². The molecule has 9 heteroatoms. The number of nitrogens with zero attached hydrogens (tertiary/aromatic N) is 3. The first-order valence-corrected chi connectivity index (χ1v) is 12.1. The van der Waals surface area contributed by atoms with Gasteiger partial charge in [0.2, 0.25) is 11.8 Å². The summed E-state index contributed by atoms with van der Waals surface area (Å²) < 4.78 is 24.1. The molecule has 0 unspecified atom stereocenters. The molecule has 2 fully saturated rings. The van der Waals surface area contributed by atoms with Crippen molar-refractivity contribution in [1.82, 2.24) is 14.8 Å². The number of ether oxygens (including phenoxy) is 2. The Kier molecular flexibility index (Phi) is 7.66. The third-order valence-electron chi connectivity index (χ3n) is 6.73. The number of hydrogen-bond donors (Lipinski definition) is 1. The van der Waals surface area contributed by atoms with Crippen LogP contribution in [0.3, 0.4) is 0 Å². The summed E-state index contributed by atoms with van der Waals surface area (Å²) in [7, 11) is 0. The Balaban J connectivity index is 1.31. The molecule has 2 aromatic rings. The predicted molar refractivity (Wildman–Crippen MR) is 130 cm³/mol. The summed E-state index contributed by atoms with van der Waals surface area (Å²) in [6.45, 7) is 9.09. The second-order valence-corrected chi connectivity index (χ2v) is 9.76. The van der Waals surface area contributed by atoms with E-state index in [9.17, 15) is 14.0 Å². The number of anilines is 1. The second kappa shape index (κ2) is 10.7. The summed E-state index contributed by atoms with van der Waals surface area (Å²) in [6.07, 6.45) is 3.05. The van der Waals surface area contributed by atoms with Crippen molar-refractivity contribution in [2.75, 3.05) is 38.2 Å². The standard InChI is InChI=1S/C26H33FN4O4/c1-18(30-12-13-31(26(2,3)17-30)25(33)19-10-14-34-15-11-19)24(32)29-23-9-8-22(16-28-23)35-21-6-4-20(27)5-7-21/h4-9,16,18-19H,10-15,17H2,1-3H3,(H,28,29,32)/t18-/m0/s1. The number of amides is 2. The van der Waals surface area contributed by atoms with E-state index in [1.807, 2.05) is 11.8 Å². The van der Waals surface area contributed by atoms with Crippen molar-refractivity contribution in [1.29, 1.82) is 0 Å². The van der Waals surface area contributed by atoms with Crippen LogP contribution in [0.15, 0.2) is 42.6 Å². The van der Waals surface area contributed by atoms with E-state index in [0.717, 1.165) is 12.8 Å². The minimum Gasteiger partial charge on any atom is -0.456 e. The minimum absolute atomic E-state index is 0.0244. The van der Waals surface area contributed by atoms with Crippen molar-refractivity contribution < 1.29 is 23.5 Å². The summed E-state index contributed by atoms with van der Waals surface area (Å²) in [6, 6.07) is 8.68. The van der Waals surface area contributed by atoms with E-state index >= 15 is 0 Å². The van der Waals surface area contributed by atoms with Gasteiger partial charge < -0.3 is 19.7 Å². The molecule has 35 heavy (non-hydrogen) atoms. The van der Waals surface area contributed by atoms with Crippen molar-refractivity contribution in [3.8, 4) is 11.5 Å². The van der Waals surface area contributed by atoms with Crippen LogP contribution in [0, 0.1) is 11.7 Å². The fourth-order valence-corrected chi connectivity index (χ4v) is 4.65. The number of benzene rings is 1.